The zero-order chi connectivity index (χ0) is 23.2. The van der Waals surface area contributed by atoms with Gasteiger partial charge in [-0.25, -0.2) is 17.9 Å². The molecule has 170 valence electrons. The predicted octanol–water partition coefficient (Wildman–Crippen LogP) is 5.55. The van der Waals surface area contributed by atoms with Crippen LogP contribution in [-0.4, -0.2) is 35.8 Å². The molecule has 0 spiro atoms. The third-order valence-electron chi connectivity index (χ3n) is 6.03. The number of aromatic nitrogens is 3. The zero-order valence-corrected chi connectivity index (χ0v) is 21.1. The monoisotopic (exact) mass is 470 g/mol. The van der Waals surface area contributed by atoms with Crippen molar-refractivity contribution >= 4 is 31.8 Å². The Hall–Kier alpha value is -2.45. The van der Waals surface area contributed by atoms with Crippen LogP contribution in [0, 0.1) is 20.8 Å². The first-order chi connectivity index (χ1) is 15.2. The molecule has 0 saturated carbocycles. The van der Waals surface area contributed by atoms with E-state index in [4.69, 9.17) is 10.1 Å². The minimum Gasteiger partial charge on any atom is -0.320 e. The second kappa shape index (κ2) is 8.48. The summed E-state index contributed by atoms with van der Waals surface area (Å²) in [5.41, 5.74) is 6.14. The van der Waals surface area contributed by atoms with Gasteiger partial charge in [-0.2, -0.15) is 5.10 Å². The van der Waals surface area contributed by atoms with E-state index in [1.54, 1.807) is 23.5 Å². The zero-order valence-electron chi connectivity index (χ0n) is 19.5. The fourth-order valence-corrected chi connectivity index (χ4v) is 6.66. The van der Waals surface area contributed by atoms with Crippen LogP contribution in [0.1, 0.15) is 55.1 Å². The topological polar surface area (TPSA) is 67.6 Å². The van der Waals surface area contributed by atoms with Gasteiger partial charge in [-0.3, -0.25) is 0 Å². The van der Waals surface area contributed by atoms with E-state index in [1.165, 1.54) is 11.8 Å². The number of allylic oxidation sites excluding steroid dienone is 2. The number of hydrogen-bond donors (Lipinski definition) is 0. The second-order valence-electron chi connectivity index (χ2n) is 8.45. The molecular weight excluding hydrogens is 440 g/mol. The lowest BCUT2D eigenvalue weighted by atomic mass is 9.95. The average Bonchev–Trinajstić information content (AvgIpc) is 3.27. The van der Waals surface area contributed by atoms with E-state index in [9.17, 15) is 8.42 Å². The maximum Gasteiger partial charge on any atom is 0.190 e. The summed E-state index contributed by atoms with van der Waals surface area (Å²) in [5.74, 6) is 0.441. The van der Waals surface area contributed by atoms with Crippen molar-refractivity contribution in [3.05, 3.63) is 57.9 Å². The van der Waals surface area contributed by atoms with Gasteiger partial charge in [0, 0.05) is 18.4 Å². The molecule has 32 heavy (non-hydrogen) atoms. The number of hydrogen-bond acceptors (Lipinski definition) is 6. The number of sulfone groups is 1. The molecule has 3 aromatic rings. The van der Waals surface area contributed by atoms with Gasteiger partial charge in [0.05, 0.1) is 21.3 Å². The molecule has 3 aromatic heterocycles. The first-order valence-corrected chi connectivity index (χ1v) is 13.7. The summed E-state index contributed by atoms with van der Waals surface area (Å²) in [4.78, 5) is 7.87. The van der Waals surface area contributed by atoms with E-state index in [1.807, 2.05) is 29.3 Å². The molecule has 0 saturated heterocycles. The van der Waals surface area contributed by atoms with Crippen LogP contribution in [0.4, 0.5) is 5.00 Å². The SMILES string of the molecule is CCC(CC)c1cc(C)nn2c(-c3sc(N4CC=CC=C4S(C)(=O)=O)cc3C)c(C)nc12. The van der Waals surface area contributed by atoms with Crippen molar-refractivity contribution in [2.75, 3.05) is 17.7 Å². The van der Waals surface area contributed by atoms with Crippen LogP contribution in [0.3, 0.4) is 0 Å². The quantitative estimate of drug-likeness (QED) is 0.473. The molecule has 0 unspecified atom stereocenters. The molecular formula is C24H30N4O2S2. The Balaban J connectivity index is 1.88. The summed E-state index contributed by atoms with van der Waals surface area (Å²) in [6.45, 7) is 11.1. The predicted molar refractivity (Wildman–Crippen MR) is 133 cm³/mol. The first kappa shape index (κ1) is 22.7. The van der Waals surface area contributed by atoms with Crippen LogP contribution in [0.2, 0.25) is 0 Å². The summed E-state index contributed by atoms with van der Waals surface area (Å²) in [7, 11) is -3.34. The Morgan fingerprint density at radius 2 is 1.88 bits per heavy atom. The van der Waals surface area contributed by atoms with Gasteiger partial charge in [0.2, 0.25) is 0 Å². The molecule has 0 N–H and O–H groups in total. The number of aryl methyl sites for hydroxylation is 3. The standard InChI is InChI=1S/C24H30N4O2S2/c1-7-18(8-2)19-14-16(4)26-28-22(17(5)25-24(19)28)23-15(3)13-20(31-23)27-12-10-9-11-21(27)32(6,29)30/h9-11,13-14,18H,7-8,12H2,1-6H3. The fraction of sp³-hybridized carbons (Fsp3) is 0.417. The van der Waals surface area contributed by atoms with Crippen LogP contribution < -0.4 is 4.90 Å². The number of nitrogens with zero attached hydrogens (tertiary/aromatic N) is 4. The third-order valence-corrected chi connectivity index (χ3v) is 8.41. The molecule has 1 aliphatic heterocycles. The van der Waals surface area contributed by atoms with Crippen molar-refractivity contribution in [1.29, 1.82) is 0 Å². The maximum absolute atomic E-state index is 12.4. The van der Waals surface area contributed by atoms with Gasteiger partial charge >= 0.3 is 0 Å². The molecule has 0 fully saturated rings. The highest BCUT2D eigenvalue weighted by molar-refractivity contribution is 7.94. The molecule has 8 heteroatoms. The Bertz CT molecular complexity index is 1340. The van der Waals surface area contributed by atoms with Crippen LogP contribution in [0.5, 0.6) is 0 Å². The van der Waals surface area contributed by atoms with Crippen LogP contribution in [0.25, 0.3) is 16.2 Å². The van der Waals surface area contributed by atoms with Crippen molar-refractivity contribution in [3.8, 4) is 10.6 Å². The smallest absolute Gasteiger partial charge is 0.190 e. The Kier molecular flexibility index (Phi) is 6.02. The minimum atomic E-state index is -3.34. The molecule has 0 aromatic carbocycles. The highest BCUT2D eigenvalue weighted by Crippen LogP contribution is 2.41. The highest BCUT2D eigenvalue weighted by Gasteiger charge is 2.26. The van der Waals surface area contributed by atoms with Crippen molar-refractivity contribution < 1.29 is 8.42 Å². The Morgan fingerprint density at radius 1 is 1.16 bits per heavy atom. The molecule has 0 bridgehead atoms. The number of anilines is 1. The van der Waals surface area contributed by atoms with E-state index in [2.05, 4.69) is 32.9 Å². The molecule has 0 radical (unpaired) electrons. The van der Waals surface area contributed by atoms with Crippen molar-refractivity contribution in [2.24, 2.45) is 0 Å². The molecule has 0 atom stereocenters. The van der Waals surface area contributed by atoms with Crippen LogP contribution >= 0.6 is 11.3 Å². The second-order valence-corrected chi connectivity index (χ2v) is 11.4. The fourth-order valence-electron chi connectivity index (χ4n) is 4.42. The Labute approximate surface area is 194 Å². The highest BCUT2D eigenvalue weighted by atomic mass is 32.2. The molecule has 4 rings (SSSR count). The molecule has 4 heterocycles. The molecule has 0 aliphatic carbocycles. The van der Waals surface area contributed by atoms with Gasteiger partial charge in [-0.1, -0.05) is 26.0 Å². The van der Waals surface area contributed by atoms with Crippen molar-refractivity contribution in [2.45, 2.75) is 53.4 Å². The van der Waals surface area contributed by atoms with Crippen LogP contribution in [0.15, 0.2) is 35.4 Å². The molecule has 1 aliphatic rings. The Morgan fingerprint density at radius 3 is 2.53 bits per heavy atom. The van der Waals surface area contributed by atoms with Gasteiger partial charge in [-0.05, 0) is 63.3 Å². The summed E-state index contributed by atoms with van der Waals surface area (Å²) in [6.07, 6.45) is 8.81. The minimum absolute atomic E-state index is 0.327. The first-order valence-electron chi connectivity index (χ1n) is 11.0. The van der Waals surface area contributed by atoms with Crippen LogP contribution in [-0.2, 0) is 9.84 Å². The van der Waals surface area contributed by atoms with Gasteiger partial charge < -0.3 is 4.90 Å². The van der Waals surface area contributed by atoms with Gasteiger partial charge in [0.25, 0.3) is 0 Å². The third kappa shape index (κ3) is 3.90. The molecule has 6 nitrogen and oxygen atoms in total. The summed E-state index contributed by atoms with van der Waals surface area (Å²) in [6, 6.07) is 4.23. The molecule has 0 amide bonds. The summed E-state index contributed by atoms with van der Waals surface area (Å²) >= 11 is 1.59. The van der Waals surface area contributed by atoms with E-state index in [-0.39, 0.29) is 0 Å². The lowest BCUT2D eigenvalue weighted by Gasteiger charge is -2.25. The van der Waals surface area contributed by atoms with E-state index < -0.39 is 9.84 Å². The number of imidazole rings is 1. The van der Waals surface area contributed by atoms with E-state index in [0.29, 0.717) is 17.5 Å². The van der Waals surface area contributed by atoms with E-state index in [0.717, 1.165) is 51.0 Å². The van der Waals surface area contributed by atoms with Crippen molar-refractivity contribution in [1.82, 2.24) is 14.6 Å². The number of thiophene rings is 1. The van der Waals surface area contributed by atoms with Gasteiger partial charge in [0.1, 0.15) is 10.7 Å². The number of fused-ring (bicyclic) bond motifs is 1. The normalized spacial score (nSPS) is 14.6. The lowest BCUT2D eigenvalue weighted by Crippen LogP contribution is -2.28. The average molecular weight is 471 g/mol. The lowest BCUT2D eigenvalue weighted by molar-refractivity contribution is 0.606. The summed E-state index contributed by atoms with van der Waals surface area (Å²) < 4.78 is 26.7. The maximum atomic E-state index is 12.4. The number of rotatable bonds is 6. The van der Waals surface area contributed by atoms with Gasteiger partial charge in [0.15, 0.2) is 15.5 Å². The van der Waals surface area contributed by atoms with Gasteiger partial charge in [-0.15, -0.1) is 11.3 Å². The van der Waals surface area contributed by atoms with E-state index >= 15 is 0 Å². The summed E-state index contributed by atoms with van der Waals surface area (Å²) in [5, 5.41) is 6.06. The largest absolute Gasteiger partial charge is 0.320 e. The van der Waals surface area contributed by atoms with Crippen molar-refractivity contribution in [3.63, 3.8) is 0 Å².